The van der Waals surface area contributed by atoms with E-state index in [1.165, 1.54) is 5.56 Å². The van der Waals surface area contributed by atoms with Crippen LogP contribution in [-0.2, 0) is 16.8 Å². The van der Waals surface area contributed by atoms with Crippen LogP contribution in [0.3, 0.4) is 0 Å². The van der Waals surface area contributed by atoms with Gasteiger partial charge < -0.3 is 4.90 Å². The molecule has 0 aliphatic carbocycles. The molecule has 116 valence electrons. The van der Waals surface area contributed by atoms with E-state index < -0.39 is 5.41 Å². The fourth-order valence-electron chi connectivity index (χ4n) is 2.62. The topological polar surface area (TPSA) is 20.3 Å². The van der Waals surface area contributed by atoms with Gasteiger partial charge in [0.15, 0.2) is 0 Å². The van der Waals surface area contributed by atoms with E-state index in [0.717, 1.165) is 11.1 Å². The summed E-state index contributed by atoms with van der Waals surface area (Å²) in [6.07, 6.45) is 0. The van der Waals surface area contributed by atoms with Gasteiger partial charge in [-0.1, -0.05) is 60.2 Å². The summed E-state index contributed by atoms with van der Waals surface area (Å²) in [6, 6.07) is 18.4. The van der Waals surface area contributed by atoms with Crippen LogP contribution in [0.2, 0.25) is 0 Å². The molecule has 0 aliphatic heterocycles. The summed E-state index contributed by atoms with van der Waals surface area (Å²) in [7, 11) is 0. The van der Waals surface area contributed by atoms with Crippen LogP contribution in [-0.4, -0.2) is 17.4 Å². The molecule has 0 saturated heterocycles. The van der Waals surface area contributed by atoms with Crippen LogP contribution < -0.4 is 0 Å². The molecule has 0 spiro atoms. The Morgan fingerprint density at radius 1 is 1.00 bits per heavy atom. The lowest BCUT2D eigenvalue weighted by atomic mass is 9.82. The minimum atomic E-state index is -0.515. The first kappa shape index (κ1) is 16.3. The summed E-state index contributed by atoms with van der Waals surface area (Å²) in [4.78, 5) is 14.9. The van der Waals surface area contributed by atoms with Gasteiger partial charge in [0, 0.05) is 13.1 Å². The number of carbonyl (C=O) groups is 1. The third kappa shape index (κ3) is 3.56. The van der Waals surface area contributed by atoms with Crippen molar-refractivity contribution in [2.45, 2.75) is 39.7 Å². The predicted molar refractivity (Wildman–Crippen MR) is 91.7 cm³/mol. The van der Waals surface area contributed by atoms with Crippen molar-refractivity contribution < 1.29 is 4.79 Å². The maximum absolute atomic E-state index is 13.0. The number of aryl methyl sites for hydroxylation is 1. The second-order valence-electron chi connectivity index (χ2n) is 6.30. The Balaban J connectivity index is 2.21. The first-order valence-electron chi connectivity index (χ1n) is 7.85. The van der Waals surface area contributed by atoms with Crippen molar-refractivity contribution in [1.29, 1.82) is 0 Å². The Morgan fingerprint density at radius 2 is 1.59 bits per heavy atom. The zero-order chi connectivity index (χ0) is 16.2. The van der Waals surface area contributed by atoms with Gasteiger partial charge in [-0.3, -0.25) is 4.79 Å². The van der Waals surface area contributed by atoms with Crippen molar-refractivity contribution >= 4 is 5.91 Å². The SMILES string of the molecule is CCN(Cc1ccccc1)C(=O)C(C)(C)c1ccc(C)cc1. The number of hydrogen-bond acceptors (Lipinski definition) is 1. The largest absolute Gasteiger partial charge is 0.338 e. The predicted octanol–water partition coefficient (Wildman–Crippen LogP) is 4.32. The molecule has 0 bridgehead atoms. The molecule has 0 unspecified atom stereocenters. The average molecular weight is 295 g/mol. The van der Waals surface area contributed by atoms with Gasteiger partial charge in [-0.05, 0) is 38.8 Å². The fourth-order valence-corrected chi connectivity index (χ4v) is 2.62. The van der Waals surface area contributed by atoms with Crippen LogP contribution in [0.25, 0.3) is 0 Å². The second kappa shape index (κ2) is 6.78. The fraction of sp³-hybridized carbons (Fsp3) is 0.350. The highest BCUT2D eigenvalue weighted by atomic mass is 16.2. The number of nitrogens with zero attached hydrogens (tertiary/aromatic N) is 1. The van der Waals surface area contributed by atoms with Gasteiger partial charge in [0.25, 0.3) is 0 Å². The van der Waals surface area contributed by atoms with Crippen molar-refractivity contribution in [3.63, 3.8) is 0 Å². The monoisotopic (exact) mass is 295 g/mol. The van der Waals surface area contributed by atoms with Crippen molar-refractivity contribution in [1.82, 2.24) is 4.90 Å². The zero-order valence-corrected chi connectivity index (χ0v) is 14.0. The minimum absolute atomic E-state index is 0.169. The lowest BCUT2D eigenvalue weighted by Gasteiger charge is -2.32. The molecule has 1 amide bonds. The first-order chi connectivity index (χ1) is 10.4. The zero-order valence-electron chi connectivity index (χ0n) is 14.0. The molecule has 2 aromatic rings. The number of benzene rings is 2. The van der Waals surface area contributed by atoms with Gasteiger partial charge in [-0.25, -0.2) is 0 Å². The Kier molecular flexibility index (Phi) is 5.02. The molecular weight excluding hydrogens is 270 g/mol. The molecule has 0 aliphatic rings. The summed E-state index contributed by atoms with van der Waals surface area (Å²) in [5.41, 5.74) is 2.93. The summed E-state index contributed by atoms with van der Waals surface area (Å²) in [5.74, 6) is 0.169. The highest BCUT2D eigenvalue weighted by molar-refractivity contribution is 5.87. The number of rotatable bonds is 5. The molecule has 2 heteroatoms. The van der Waals surface area contributed by atoms with E-state index >= 15 is 0 Å². The molecule has 2 nitrogen and oxygen atoms in total. The smallest absolute Gasteiger partial charge is 0.232 e. The molecule has 0 radical (unpaired) electrons. The van der Waals surface area contributed by atoms with Crippen LogP contribution in [0.1, 0.15) is 37.5 Å². The molecule has 0 fully saturated rings. The number of amides is 1. The van der Waals surface area contributed by atoms with Crippen molar-refractivity contribution in [2.24, 2.45) is 0 Å². The Morgan fingerprint density at radius 3 is 2.14 bits per heavy atom. The van der Waals surface area contributed by atoms with Crippen molar-refractivity contribution in [3.8, 4) is 0 Å². The molecular formula is C20H25NO. The van der Waals surface area contributed by atoms with E-state index in [1.807, 2.05) is 43.9 Å². The Bertz CT molecular complexity index is 614. The average Bonchev–Trinajstić information content (AvgIpc) is 2.53. The number of hydrogen-bond donors (Lipinski definition) is 0. The Hall–Kier alpha value is -2.09. The van der Waals surface area contributed by atoms with Crippen LogP contribution in [0.15, 0.2) is 54.6 Å². The number of likely N-dealkylation sites (N-methyl/N-ethyl adjacent to an activating group) is 1. The summed E-state index contributed by atoms with van der Waals surface area (Å²) < 4.78 is 0. The maximum atomic E-state index is 13.0. The van der Waals surface area contributed by atoms with Crippen molar-refractivity contribution in [2.75, 3.05) is 6.54 Å². The van der Waals surface area contributed by atoms with Crippen LogP contribution in [0, 0.1) is 6.92 Å². The summed E-state index contributed by atoms with van der Waals surface area (Å²) in [6.45, 7) is 9.48. The summed E-state index contributed by atoms with van der Waals surface area (Å²) >= 11 is 0. The van der Waals surface area contributed by atoms with Gasteiger partial charge in [0.2, 0.25) is 5.91 Å². The van der Waals surface area contributed by atoms with Gasteiger partial charge in [0.05, 0.1) is 5.41 Å². The minimum Gasteiger partial charge on any atom is -0.338 e. The molecule has 0 aromatic heterocycles. The molecule has 0 heterocycles. The highest BCUT2D eigenvalue weighted by Crippen LogP contribution is 2.26. The molecule has 2 aromatic carbocycles. The lowest BCUT2D eigenvalue weighted by Crippen LogP contribution is -2.43. The highest BCUT2D eigenvalue weighted by Gasteiger charge is 2.33. The molecule has 2 rings (SSSR count). The third-order valence-corrected chi connectivity index (χ3v) is 4.19. The number of carbonyl (C=O) groups excluding carboxylic acids is 1. The van der Waals surface area contributed by atoms with Gasteiger partial charge in [-0.2, -0.15) is 0 Å². The van der Waals surface area contributed by atoms with E-state index in [4.69, 9.17) is 0 Å². The normalized spacial score (nSPS) is 11.3. The molecule has 0 atom stereocenters. The standard InChI is InChI=1S/C20H25NO/c1-5-21(15-17-9-7-6-8-10-17)19(22)20(3,4)18-13-11-16(2)12-14-18/h6-14H,5,15H2,1-4H3. The van der Waals surface area contributed by atoms with E-state index in [9.17, 15) is 4.79 Å². The Labute approximate surface area is 133 Å². The van der Waals surface area contributed by atoms with E-state index in [0.29, 0.717) is 13.1 Å². The van der Waals surface area contributed by atoms with Crippen LogP contribution in [0.4, 0.5) is 0 Å². The van der Waals surface area contributed by atoms with Crippen LogP contribution >= 0.6 is 0 Å². The van der Waals surface area contributed by atoms with E-state index in [-0.39, 0.29) is 5.91 Å². The maximum Gasteiger partial charge on any atom is 0.232 e. The van der Waals surface area contributed by atoms with Crippen LogP contribution in [0.5, 0.6) is 0 Å². The lowest BCUT2D eigenvalue weighted by molar-refractivity contribution is -0.136. The summed E-state index contributed by atoms with van der Waals surface area (Å²) in [5, 5.41) is 0. The molecule has 0 N–H and O–H groups in total. The van der Waals surface area contributed by atoms with Crippen molar-refractivity contribution in [3.05, 3.63) is 71.3 Å². The van der Waals surface area contributed by atoms with E-state index in [2.05, 4.69) is 43.3 Å². The quantitative estimate of drug-likeness (QED) is 0.804. The third-order valence-electron chi connectivity index (χ3n) is 4.19. The first-order valence-corrected chi connectivity index (χ1v) is 7.85. The van der Waals surface area contributed by atoms with Gasteiger partial charge in [0.1, 0.15) is 0 Å². The molecule has 0 saturated carbocycles. The molecule has 22 heavy (non-hydrogen) atoms. The van der Waals surface area contributed by atoms with Gasteiger partial charge >= 0.3 is 0 Å². The van der Waals surface area contributed by atoms with E-state index in [1.54, 1.807) is 0 Å². The second-order valence-corrected chi connectivity index (χ2v) is 6.30. The van der Waals surface area contributed by atoms with Gasteiger partial charge in [-0.15, -0.1) is 0 Å².